The molecule has 0 spiro atoms. The molecule has 23 heavy (non-hydrogen) atoms. The second-order valence-electron chi connectivity index (χ2n) is 5.09. The third-order valence-corrected chi connectivity index (χ3v) is 4.70. The lowest BCUT2D eigenvalue weighted by atomic mass is 10.1. The Morgan fingerprint density at radius 1 is 1.13 bits per heavy atom. The van der Waals surface area contributed by atoms with Crippen LogP contribution < -0.4 is 5.32 Å². The van der Waals surface area contributed by atoms with Gasteiger partial charge in [-0.1, -0.05) is 42.5 Å². The van der Waals surface area contributed by atoms with Crippen molar-refractivity contribution in [3.05, 3.63) is 71.1 Å². The van der Waals surface area contributed by atoms with Crippen LogP contribution in [-0.2, 0) is 0 Å². The van der Waals surface area contributed by atoms with Crippen molar-refractivity contribution in [1.29, 1.82) is 0 Å². The second kappa shape index (κ2) is 6.67. The number of thiophene rings is 1. The minimum absolute atomic E-state index is 0.0655. The van der Waals surface area contributed by atoms with E-state index in [-0.39, 0.29) is 11.5 Å². The van der Waals surface area contributed by atoms with Crippen molar-refractivity contribution in [2.75, 3.05) is 6.54 Å². The van der Waals surface area contributed by atoms with Gasteiger partial charge in [-0.3, -0.25) is 4.79 Å². The highest BCUT2D eigenvalue weighted by Crippen LogP contribution is 2.37. The number of benzene rings is 2. The van der Waals surface area contributed by atoms with Gasteiger partial charge in [0.2, 0.25) is 5.78 Å². The van der Waals surface area contributed by atoms with E-state index in [0.29, 0.717) is 11.4 Å². The van der Waals surface area contributed by atoms with Crippen LogP contribution in [0, 0.1) is 0 Å². The van der Waals surface area contributed by atoms with Gasteiger partial charge in [0.15, 0.2) is 0 Å². The van der Waals surface area contributed by atoms with Crippen molar-refractivity contribution in [1.82, 2.24) is 5.32 Å². The second-order valence-corrected chi connectivity index (χ2v) is 6.15. The molecule has 2 N–H and O–H groups in total. The molecule has 1 aromatic heterocycles. The molecule has 1 heterocycles. The van der Waals surface area contributed by atoms with Gasteiger partial charge in [0.1, 0.15) is 10.6 Å². The standard InChI is InChI=1S/C19H17NO2S/c1-2-20-15(13-8-4-3-5-9-13)12-16(21)19-18(22)14-10-6-7-11-17(14)23-19/h3-12,20,22H,2H2,1H3/b15-12-. The van der Waals surface area contributed by atoms with Crippen LogP contribution in [0.1, 0.15) is 22.2 Å². The van der Waals surface area contributed by atoms with E-state index in [1.54, 1.807) is 6.08 Å². The van der Waals surface area contributed by atoms with E-state index in [1.807, 2.05) is 61.5 Å². The largest absolute Gasteiger partial charge is 0.506 e. The molecule has 2 aromatic carbocycles. The fourth-order valence-electron chi connectivity index (χ4n) is 2.44. The molecule has 0 aliphatic carbocycles. The SMILES string of the molecule is CCN/C(=C\C(=O)c1sc2ccccc2c1O)c1ccccc1. The Balaban J connectivity index is 2.01. The van der Waals surface area contributed by atoms with Gasteiger partial charge in [-0.25, -0.2) is 0 Å². The zero-order chi connectivity index (χ0) is 16.2. The van der Waals surface area contributed by atoms with Crippen molar-refractivity contribution in [3.8, 4) is 5.75 Å². The smallest absolute Gasteiger partial charge is 0.201 e. The summed E-state index contributed by atoms with van der Waals surface area (Å²) in [5.41, 5.74) is 1.71. The maximum Gasteiger partial charge on any atom is 0.201 e. The summed E-state index contributed by atoms with van der Waals surface area (Å²) in [5.74, 6) is -0.126. The van der Waals surface area contributed by atoms with Crippen LogP contribution >= 0.6 is 11.3 Å². The maximum absolute atomic E-state index is 12.6. The number of hydrogen-bond acceptors (Lipinski definition) is 4. The molecule has 4 heteroatoms. The maximum atomic E-state index is 12.6. The van der Waals surface area contributed by atoms with Crippen molar-refractivity contribution >= 4 is 32.9 Å². The Bertz CT molecular complexity index is 865. The van der Waals surface area contributed by atoms with Gasteiger partial charge < -0.3 is 10.4 Å². The van der Waals surface area contributed by atoms with E-state index in [0.717, 1.165) is 21.3 Å². The Labute approximate surface area is 138 Å². The van der Waals surface area contributed by atoms with Crippen LogP contribution in [0.4, 0.5) is 0 Å². The van der Waals surface area contributed by atoms with E-state index in [9.17, 15) is 9.90 Å². The number of allylic oxidation sites excluding steroid dienone is 1. The molecule has 0 atom stereocenters. The van der Waals surface area contributed by atoms with Crippen LogP contribution in [0.15, 0.2) is 60.7 Å². The molecule has 0 unspecified atom stereocenters. The first-order valence-corrected chi connectivity index (χ1v) is 8.28. The number of ketones is 1. The minimum atomic E-state index is -0.191. The van der Waals surface area contributed by atoms with Crippen LogP contribution in [0.2, 0.25) is 0 Å². The zero-order valence-corrected chi connectivity index (χ0v) is 13.6. The Kier molecular flexibility index (Phi) is 4.44. The number of carbonyl (C=O) groups excluding carboxylic acids is 1. The van der Waals surface area contributed by atoms with E-state index >= 15 is 0 Å². The molecule has 0 bridgehead atoms. The quantitative estimate of drug-likeness (QED) is 0.539. The molecule has 3 rings (SSSR count). The highest BCUT2D eigenvalue weighted by atomic mass is 32.1. The summed E-state index contributed by atoms with van der Waals surface area (Å²) in [4.78, 5) is 13.0. The van der Waals surface area contributed by atoms with Crippen LogP contribution in [0.25, 0.3) is 15.8 Å². The minimum Gasteiger partial charge on any atom is -0.506 e. The van der Waals surface area contributed by atoms with Crippen molar-refractivity contribution < 1.29 is 9.90 Å². The Hall–Kier alpha value is -2.59. The molecule has 0 saturated heterocycles. The van der Waals surface area contributed by atoms with Crippen LogP contribution in [-0.4, -0.2) is 17.4 Å². The molecule has 3 aromatic rings. The number of aromatic hydroxyl groups is 1. The first-order valence-electron chi connectivity index (χ1n) is 7.46. The molecule has 0 aliphatic rings. The summed E-state index contributed by atoms with van der Waals surface area (Å²) in [7, 11) is 0. The first-order chi connectivity index (χ1) is 11.2. The third-order valence-electron chi connectivity index (χ3n) is 3.52. The normalized spacial score (nSPS) is 11.6. The lowest BCUT2D eigenvalue weighted by Crippen LogP contribution is -2.12. The van der Waals surface area contributed by atoms with E-state index < -0.39 is 0 Å². The predicted octanol–water partition coefficient (Wildman–Crippen LogP) is 4.44. The van der Waals surface area contributed by atoms with Gasteiger partial charge in [-0.2, -0.15) is 0 Å². The molecule has 0 aliphatic heterocycles. The lowest BCUT2D eigenvalue weighted by molar-refractivity contribution is 0.104. The summed E-state index contributed by atoms with van der Waals surface area (Å²) in [6.07, 6.45) is 1.56. The van der Waals surface area contributed by atoms with Gasteiger partial charge in [0.05, 0.1) is 0 Å². The van der Waals surface area contributed by atoms with Gasteiger partial charge in [0, 0.05) is 28.4 Å². The number of nitrogens with one attached hydrogen (secondary N) is 1. The lowest BCUT2D eigenvalue weighted by Gasteiger charge is -2.09. The number of fused-ring (bicyclic) bond motifs is 1. The topological polar surface area (TPSA) is 49.3 Å². The van der Waals surface area contributed by atoms with E-state index in [4.69, 9.17) is 0 Å². The predicted molar refractivity (Wildman–Crippen MR) is 95.9 cm³/mol. The van der Waals surface area contributed by atoms with Crippen molar-refractivity contribution in [3.63, 3.8) is 0 Å². The molecule has 0 fully saturated rings. The molecule has 0 amide bonds. The first kappa shape index (κ1) is 15.3. The summed E-state index contributed by atoms with van der Waals surface area (Å²) in [5, 5.41) is 14.3. The molecule has 0 saturated carbocycles. The summed E-state index contributed by atoms with van der Waals surface area (Å²) < 4.78 is 0.909. The number of carbonyl (C=O) groups is 1. The summed E-state index contributed by atoms with van der Waals surface area (Å²) in [6, 6.07) is 17.2. The van der Waals surface area contributed by atoms with Crippen LogP contribution in [0.5, 0.6) is 5.75 Å². The monoisotopic (exact) mass is 323 g/mol. The average Bonchev–Trinajstić information content (AvgIpc) is 2.93. The Morgan fingerprint density at radius 2 is 1.83 bits per heavy atom. The van der Waals surface area contributed by atoms with Crippen LogP contribution in [0.3, 0.4) is 0 Å². The van der Waals surface area contributed by atoms with E-state index in [2.05, 4.69) is 5.32 Å². The highest BCUT2D eigenvalue weighted by Gasteiger charge is 2.17. The Morgan fingerprint density at radius 3 is 2.52 bits per heavy atom. The zero-order valence-electron chi connectivity index (χ0n) is 12.7. The third kappa shape index (κ3) is 3.12. The van der Waals surface area contributed by atoms with Gasteiger partial charge in [-0.05, 0) is 24.6 Å². The number of hydrogen-bond donors (Lipinski definition) is 2. The molecular formula is C19H17NO2S. The van der Waals surface area contributed by atoms with Gasteiger partial charge in [-0.15, -0.1) is 11.3 Å². The fourth-order valence-corrected chi connectivity index (χ4v) is 3.45. The molecule has 3 nitrogen and oxygen atoms in total. The van der Waals surface area contributed by atoms with Crippen molar-refractivity contribution in [2.24, 2.45) is 0 Å². The van der Waals surface area contributed by atoms with Crippen molar-refractivity contribution in [2.45, 2.75) is 6.92 Å². The highest BCUT2D eigenvalue weighted by molar-refractivity contribution is 7.21. The van der Waals surface area contributed by atoms with Gasteiger partial charge >= 0.3 is 0 Å². The fraction of sp³-hybridized carbons (Fsp3) is 0.105. The van der Waals surface area contributed by atoms with Gasteiger partial charge in [0.25, 0.3) is 0 Å². The summed E-state index contributed by atoms with van der Waals surface area (Å²) >= 11 is 1.32. The molecular weight excluding hydrogens is 306 g/mol. The average molecular weight is 323 g/mol. The van der Waals surface area contributed by atoms with E-state index in [1.165, 1.54) is 11.3 Å². The summed E-state index contributed by atoms with van der Waals surface area (Å²) in [6.45, 7) is 2.70. The molecule has 0 radical (unpaired) electrons. The molecule has 116 valence electrons. The number of rotatable bonds is 5.